The van der Waals surface area contributed by atoms with Crippen molar-refractivity contribution in [1.29, 1.82) is 0 Å². The summed E-state index contributed by atoms with van der Waals surface area (Å²) >= 11 is 0. The molecular formula is C42H28N4. The van der Waals surface area contributed by atoms with Crippen LogP contribution in [-0.4, -0.2) is 19.9 Å². The van der Waals surface area contributed by atoms with Crippen LogP contribution < -0.4 is 0 Å². The molecule has 0 saturated carbocycles. The molecule has 0 unspecified atom stereocenters. The fraction of sp³-hybridized carbons (Fsp3) is 0. The van der Waals surface area contributed by atoms with Gasteiger partial charge in [0.2, 0.25) is 0 Å². The molecule has 4 nitrogen and oxygen atoms in total. The molecule has 4 heteroatoms. The van der Waals surface area contributed by atoms with Gasteiger partial charge in [0.25, 0.3) is 0 Å². The van der Waals surface area contributed by atoms with E-state index in [1.54, 1.807) is 0 Å². The van der Waals surface area contributed by atoms with Gasteiger partial charge in [-0.1, -0.05) is 97.1 Å². The zero-order chi connectivity index (χ0) is 30.7. The van der Waals surface area contributed by atoms with Crippen LogP contribution in [0.3, 0.4) is 0 Å². The molecule has 8 aromatic rings. The molecule has 0 aliphatic heterocycles. The summed E-state index contributed by atoms with van der Waals surface area (Å²) < 4.78 is 0. The van der Waals surface area contributed by atoms with Gasteiger partial charge in [0.1, 0.15) is 0 Å². The average molecular weight is 589 g/mol. The highest BCUT2D eigenvalue weighted by Gasteiger charge is 2.15. The van der Waals surface area contributed by atoms with Gasteiger partial charge in [-0.25, -0.2) is 9.97 Å². The van der Waals surface area contributed by atoms with Gasteiger partial charge in [0, 0.05) is 40.7 Å². The van der Waals surface area contributed by atoms with Crippen molar-refractivity contribution in [2.75, 3.05) is 0 Å². The summed E-state index contributed by atoms with van der Waals surface area (Å²) in [5.74, 6) is 0.670. The number of hydrogen-bond acceptors (Lipinski definition) is 4. The summed E-state index contributed by atoms with van der Waals surface area (Å²) in [4.78, 5) is 19.3. The summed E-state index contributed by atoms with van der Waals surface area (Å²) in [7, 11) is 0. The lowest BCUT2D eigenvalue weighted by Crippen LogP contribution is -1.97. The van der Waals surface area contributed by atoms with Crippen molar-refractivity contribution >= 4 is 10.9 Å². The van der Waals surface area contributed by atoms with E-state index in [2.05, 4.69) is 119 Å². The molecule has 8 rings (SSSR count). The minimum Gasteiger partial charge on any atom is -0.265 e. The Kier molecular flexibility index (Phi) is 7.14. The molecule has 0 saturated heterocycles. The van der Waals surface area contributed by atoms with E-state index in [4.69, 9.17) is 9.97 Å². The lowest BCUT2D eigenvalue weighted by molar-refractivity contribution is 1.23. The van der Waals surface area contributed by atoms with Crippen LogP contribution in [0.2, 0.25) is 0 Å². The minimum atomic E-state index is 0.670. The van der Waals surface area contributed by atoms with Crippen LogP contribution >= 0.6 is 0 Å². The summed E-state index contributed by atoms with van der Waals surface area (Å²) in [6.45, 7) is 0. The van der Waals surface area contributed by atoms with Gasteiger partial charge in [0.05, 0.1) is 16.9 Å². The molecule has 3 aromatic heterocycles. The van der Waals surface area contributed by atoms with Crippen molar-refractivity contribution in [3.63, 3.8) is 0 Å². The first kappa shape index (κ1) is 27.3. The van der Waals surface area contributed by atoms with Crippen molar-refractivity contribution in [2.45, 2.75) is 0 Å². The summed E-state index contributed by atoms with van der Waals surface area (Å²) in [5, 5.41) is 1.02. The first-order chi connectivity index (χ1) is 22.8. The third-order valence-electron chi connectivity index (χ3n) is 8.24. The highest BCUT2D eigenvalue weighted by molar-refractivity contribution is 5.96. The number of nitrogens with zero attached hydrogens (tertiary/aromatic N) is 4. The van der Waals surface area contributed by atoms with Crippen molar-refractivity contribution in [3.05, 3.63) is 170 Å². The molecule has 0 aliphatic rings. The summed E-state index contributed by atoms with van der Waals surface area (Å²) in [6.07, 6.45) is 5.47. The quantitative estimate of drug-likeness (QED) is 0.194. The second kappa shape index (κ2) is 12.0. The molecule has 0 amide bonds. The van der Waals surface area contributed by atoms with Gasteiger partial charge in [-0.15, -0.1) is 0 Å². The van der Waals surface area contributed by atoms with Gasteiger partial charge >= 0.3 is 0 Å². The molecule has 0 atom stereocenters. The topological polar surface area (TPSA) is 51.6 Å². The lowest BCUT2D eigenvalue weighted by atomic mass is 9.95. The maximum Gasteiger partial charge on any atom is 0.160 e. The number of aromatic nitrogens is 4. The number of hydrogen-bond donors (Lipinski definition) is 0. The minimum absolute atomic E-state index is 0.670. The van der Waals surface area contributed by atoms with Crippen molar-refractivity contribution < 1.29 is 0 Å². The molecule has 0 spiro atoms. The largest absolute Gasteiger partial charge is 0.265 e. The monoisotopic (exact) mass is 588 g/mol. The van der Waals surface area contributed by atoms with Crippen LogP contribution in [0.4, 0.5) is 0 Å². The molecule has 3 heterocycles. The maximum atomic E-state index is 5.23. The number of rotatable bonds is 6. The zero-order valence-corrected chi connectivity index (χ0v) is 25.0. The highest BCUT2D eigenvalue weighted by Crippen LogP contribution is 2.36. The third-order valence-corrected chi connectivity index (χ3v) is 8.24. The van der Waals surface area contributed by atoms with Crippen LogP contribution in [0, 0.1) is 0 Å². The fourth-order valence-corrected chi connectivity index (χ4v) is 5.89. The number of benzene rings is 5. The van der Waals surface area contributed by atoms with Gasteiger partial charge in [-0.3, -0.25) is 9.97 Å². The predicted octanol–water partition coefficient (Wildman–Crippen LogP) is 10.4. The Morgan fingerprint density at radius 2 is 0.935 bits per heavy atom. The molecule has 0 bridgehead atoms. The second-order valence-electron chi connectivity index (χ2n) is 11.2. The molecule has 0 radical (unpaired) electrons. The van der Waals surface area contributed by atoms with E-state index in [0.717, 1.165) is 72.4 Å². The SMILES string of the molecule is c1ccc(-c2ccc3c(-c4ccccc4)nc(-c4cc(-c5ccc(-c6ccncc6)cc5)cc(-c5ccccn5)c4)nc3c2)cc1. The van der Waals surface area contributed by atoms with Crippen LogP contribution in [-0.2, 0) is 0 Å². The second-order valence-corrected chi connectivity index (χ2v) is 11.2. The Hall–Kier alpha value is -6.26. The molecule has 5 aromatic carbocycles. The van der Waals surface area contributed by atoms with E-state index in [9.17, 15) is 0 Å². The number of fused-ring (bicyclic) bond motifs is 1. The van der Waals surface area contributed by atoms with E-state index in [-0.39, 0.29) is 0 Å². The summed E-state index contributed by atoms with van der Waals surface area (Å²) in [6, 6.07) is 52.5. The van der Waals surface area contributed by atoms with E-state index in [1.165, 1.54) is 0 Å². The Balaban J connectivity index is 1.32. The Morgan fingerprint density at radius 1 is 0.348 bits per heavy atom. The predicted molar refractivity (Wildman–Crippen MR) is 188 cm³/mol. The molecule has 0 aliphatic carbocycles. The molecular weight excluding hydrogens is 560 g/mol. The molecule has 216 valence electrons. The van der Waals surface area contributed by atoms with E-state index < -0.39 is 0 Å². The van der Waals surface area contributed by atoms with Gasteiger partial charge < -0.3 is 0 Å². The molecule has 0 fully saturated rings. The Labute approximate surface area is 267 Å². The fourth-order valence-electron chi connectivity index (χ4n) is 5.89. The van der Waals surface area contributed by atoms with Crippen LogP contribution in [0.15, 0.2) is 170 Å². The Bertz CT molecular complexity index is 2270. The third kappa shape index (κ3) is 5.44. The normalized spacial score (nSPS) is 11.0. The lowest BCUT2D eigenvalue weighted by Gasteiger charge is -2.13. The van der Waals surface area contributed by atoms with Crippen LogP contribution in [0.1, 0.15) is 0 Å². The van der Waals surface area contributed by atoms with Crippen LogP contribution in [0.5, 0.6) is 0 Å². The van der Waals surface area contributed by atoms with Gasteiger partial charge in [0.15, 0.2) is 5.82 Å². The standard InChI is InChI=1S/C42H28N4/c1-3-9-29(10-4-1)34-18-19-38-40(28-34)45-42(46-41(38)33-11-5-2-6-12-33)37-26-35(25-36(27-37)39-13-7-8-22-44-39)31-16-14-30(15-17-31)32-20-23-43-24-21-32/h1-28H. The first-order valence-corrected chi connectivity index (χ1v) is 15.3. The van der Waals surface area contributed by atoms with Gasteiger partial charge in [-0.05, 0) is 88.0 Å². The van der Waals surface area contributed by atoms with Gasteiger partial charge in [-0.2, -0.15) is 0 Å². The van der Waals surface area contributed by atoms with E-state index >= 15 is 0 Å². The highest BCUT2D eigenvalue weighted by atomic mass is 14.9. The van der Waals surface area contributed by atoms with Crippen molar-refractivity contribution in [2.24, 2.45) is 0 Å². The number of pyridine rings is 2. The average Bonchev–Trinajstić information content (AvgIpc) is 3.15. The maximum absolute atomic E-state index is 5.23. The zero-order valence-electron chi connectivity index (χ0n) is 25.0. The van der Waals surface area contributed by atoms with E-state index in [1.807, 2.05) is 61.1 Å². The summed E-state index contributed by atoms with van der Waals surface area (Å²) in [5.41, 5.74) is 12.4. The smallest absolute Gasteiger partial charge is 0.160 e. The molecule has 0 N–H and O–H groups in total. The molecule has 46 heavy (non-hydrogen) atoms. The van der Waals surface area contributed by atoms with Crippen LogP contribution in [0.25, 0.3) is 78.2 Å². The Morgan fingerprint density at radius 3 is 1.65 bits per heavy atom. The van der Waals surface area contributed by atoms with Crippen molar-refractivity contribution in [3.8, 4) is 67.3 Å². The van der Waals surface area contributed by atoms with Crippen molar-refractivity contribution in [1.82, 2.24) is 19.9 Å². The van der Waals surface area contributed by atoms with E-state index in [0.29, 0.717) is 5.82 Å². The first-order valence-electron chi connectivity index (χ1n) is 15.3.